The van der Waals surface area contributed by atoms with Crippen molar-refractivity contribution in [2.75, 3.05) is 26.2 Å². The number of piperazine rings is 1. The molecule has 7 heteroatoms. The van der Waals surface area contributed by atoms with Gasteiger partial charge < -0.3 is 0 Å². The summed E-state index contributed by atoms with van der Waals surface area (Å²) < 4.78 is 27.3. The molecule has 0 aliphatic carbocycles. The van der Waals surface area contributed by atoms with Gasteiger partial charge >= 0.3 is 0 Å². The molecular formula is C19H24ClN3O2S. The average molecular weight is 394 g/mol. The Morgan fingerprint density at radius 2 is 1.73 bits per heavy atom. The summed E-state index contributed by atoms with van der Waals surface area (Å²) in [5, 5.41) is 0.480. The number of hydrogen-bond donors (Lipinski definition) is 0. The molecule has 1 aliphatic rings. The van der Waals surface area contributed by atoms with E-state index in [1.807, 2.05) is 24.3 Å². The minimum Gasteiger partial charge on any atom is -0.296 e. The fourth-order valence-electron chi connectivity index (χ4n) is 3.10. The lowest BCUT2D eigenvalue weighted by Gasteiger charge is -2.34. The highest BCUT2D eigenvalue weighted by Gasteiger charge is 2.28. The maximum absolute atomic E-state index is 12.9. The van der Waals surface area contributed by atoms with Crippen LogP contribution in [0.3, 0.4) is 0 Å². The van der Waals surface area contributed by atoms with Crippen LogP contribution >= 0.6 is 11.6 Å². The average Bonchev–Trinajstić information content (AvgIpc) is 2.62. The van der Waals surface area contributed by atoms with Gasteiger partial charge in [-0.05, 0) is 41.3 Å². The molecule has 0 radical (unpaired) electrons. The number of nitrogens with zero attached hydrogens (tertiary/aromatic N) is 3. The molecule has 0 N–H and O–H groups in total. The predicted molar refractivity (Wildman–Crippen MR) is 104 cm³/mol. The Morgan fingerprint density at radius 1 is 1.08 bits per heavy atom. The van der Waals surface area contributed by atoms with Gasteiger partial charge in [0.1, 0.15) is 5.15 Å². The molecule has 1 saturated heterocycles. The first-order chi connectivity index (χ1) is 12.4. The summed E-state index contributed by atoms with van der Waals surface area (Å²) >= 11 is 5.93. The van der Waals surface area contributed by atoms with Gasteiger partial charge in [-0.3, -0.25) is 4.90 Å². The highest BCUT2D eigenvalue weighted by Crippen LogP contribution is 2.21. The van der Waals surface area contributed by atoms with Crippen molar-refractivity contribution in [2.24, 2.45) is 0 Å². The molecule has 2 aromatic rings. The number of halogens is 1. The topological polar surface area (TPSA) is 53.5 Å². The van der Waals surface area contributed by atoms with E-state index in [1.54, 1.807) is 22.6 Å². The number of hydrogen-bond acceptors (Lipinski definition) is 4. The normalized spacial score (nSPS) is 16.9. The van der Waals surface area contributed by atoms with Gasteiger partial charge in [-0.15, -0.1) is 0 Å². The van der Waals surface area contributed by atoms with E-state index >= 15 is 0 Å². The predicted octanol–water partition coefficient (Wildman–Crippen LogP) is 3.36. The Kier molecular flexibility index (Phi) is 5.97. The summed E-state index contributed by atoms with van der Waals surface area (Å²) in [7, 11) is -3.43. The Balaban J connectivity index is 1.63. The lowest BCUT2D eigenvalue weighted by molar-refractivity contribution is 0.181. The van der Waals surface area contributed by atoms with E-state index in [1.165, 1.54) is 0 Å². The molecule has 0 saturated carbocycles. The highest BCUT2D eigenvalue weighted by atomic mass is 35.5. The molecule has 1 fully saturated rings. The van der Waals surface area contributed by atoms with E-state index in [-0.39, 0.29) is 0 Å². The SMILES string of the molecule is CC(C)c1ccc(S(=O)(=O)N2CCN(Cc3ccnc(Cl)c3)CC2)cc1. The van der Waals surface area contributed by atoms with Gasteiger partial charge in [0.25, 0.3) is 0 Å². The van der Waals surface area contributed by atoms with Crippen LogP contribution in [0.15, 0.2) is 47.5 Å². The monoisotopic (exact) mass is 393 g/mol. The van der Waals surface area contributed by atoms with Crippen LogP contribution < -0.4 is 0 Å². The molecule has 0 amide bonds. The molecule has 1 aromatic heterocycles. The number of sulfonamides is 1. The van der Waals surface area contributed by atoms with Crippen molar-refractivity contribution in [2.45, 2.75) is 31.2 Å². The van der Waals surface area contributed by atoms with E-state index in [9.17, 15) is 8.42 Å². The first kappa shape index (κ1) is 19.3. The van der Waals surface area contributed by atoms with Crippen LogP contribution in [0.1, 0.15) is 30.9 Å². The minimum atomic E-state index is -3.43. The molecule has 5 nitrogen and oxygen atoms in total. The first-order valence-electron chi connectivity index (χ1n) is 8.79. The summed E-state index contributed by atoms with van der Waals surface area (Å²) in [6.45, 7) is 7.32. The van der Waals surface area contributed by atoms with Crippen molar-refractivity contribution in [3.05, 3.63) is 58.9 Å². The third-order valence-electron chi connectivity index (χ3n) is 4.71. The Morgan fingerprint density at radius 3 is 2.31 bits per heavy atom. The molecule has 0 bridgehead atoms. The van der Waals surface area contributed by atoms with Crippen molar-refractivity contribution < 1.29 is 8.42 Å². The van der Waals surface area contributed by atoms with Gasteiger partial charge in [0.2, 0.25) is 10.0 Å². The standard InChI is InChI=1S/C19H24ClN3O2S/c1-15(2)17-3-5-18(6-4-17)26(24,25)23-11-9-22(10-12-23)14-16-7-8-21-19(20)13-16/h3-8,13,15H,9-12,14H2,1-2H3. The van der Waals surface area contributed by atoms with Crippen molar-refractivity contribution in [1.29, 1.82) is 0 Å². The lowest BCUT2D eigenvalue weighted by Crippen LogP contribution is -2.48. The molecular weight excluding hydrogens is 370 g/mol. The third-order valence-corrected chi connectivity index (χ3v) is 6.83. The van der Waals surface area contributed by atoms with E-state index in [2.05, 4.69) is 23.7 Å². The Hall–Kier alpha value is -1.47. The second kappa shape index (κ2) is 8.05. The van der Waals surface area contributed by atoms with Crippen molar-refractivity contribution in [3.63, 3.8) is 0 Å². The summed E-state index contributed by atoms with van der Waals surface area (Å²) in [4.78, 5) is 6.59. The van der Waals surface area contributed by atoms with Gasteiger partial charge in [0, 0.05) is 38.9 Å². The summed E-state index contributed by atoms with van der Waals surface area (Å²) in [5.41, 5.74) is 2.23. The van der Waals surface area contributed by atoms with E-state index in [0.29, 0.717) is 42.1 Å². The zero-order valence-electron chi connectivity index (χ0n) is 15.1. The van der Waals surface area contributed by atoms with Crippen LogP contribution in [0, 0.1) is 0 Å². The summed E-state index contributed by atoms with van der Waals surface area (Å²) in [6, 6.07) is 11.0. The summed E-state index contributed by atoms with van der Waals surface area (Å²) in [5.74, 6) is 0.386. The number of benzene rings is 1. The van der Waals surface area contributed by atoms with Gasteiger partial charge in [-0.1, -0.05) is 37.6 Å². The zero-order chi connectivity index (χ0) is 18.7. The molecule has 1 aromatic carbocycles. The van der Waals surface area contributed by atoms with Gasteiger partial charge in [-0.2, -0.15) is 4.31 Å². The van der Waals surface area contributed by atoms with Crippen molar-refractivity contribution >= 4 is 21.6 Å². The van der Waals surface area contributed by atoms with Crippen LogP contribution in [0.5, 0.6) is 0 Å². The van der Waals surface area contributed by atoms with Crippen LogP contribution in [0.2, 0.25) is 5.15 Å². The minimum absolute atomic E-state index is 0.372. The van der Waals surface area contributed by atoms with E-state index in [0.717, 1.165) is 17.7 Å². The van der Waals surface area contributed by atoms with Crippen LogP contribution in [0.4, 0.5) is 0 Å². The quantitative estimate of drug-likeness (QED) is 0.731. The smallest absolute Gasteiger partial charge is 0.243 e. The van der Waals surface area contributed by atoms with E-state index < -0.39 is 10.0 Å². The Labute approximate surface area is 160 Å². The van der Waals surface area contributed by atoms with Crippen LogP contribution in [-0.2, 0) is 16.6 Å². The lowest BCUT2D eigenvalue weighted by atomic mass is 10.0. The molecule has 0 atom stereocenters. The molecule has 3 rings (SSSR count). The van der Waals surface area contributed by atoms with Crippen molar-refractivity contribution in [3.8, 4) is 0 Å². The zero-order valence-corrected chi connectivity index (χ0v) is 16.7. The highest BCUT2D eigenvalue weighted by molar-refractivity contribution is 7.89. The fraction of sp³-hybridized carbons (Fsp3) is 0.421. The van der Waals surface area contributed by atoms with Gasteiger partial charge in [0.05, 0.1) is 4.90 Å². The first-order valence-corrected chi connectivity index (χ1v) is 10.6. The molecule has 0 spiro atoms. The summed E-state index contributed by atoms with van der Waals surface area (Å²) in [6.07, 6.45) is 1.69. The number of aromatic nitrogens is 1. The largest absolute Gasteiger partial charge is 0.296 e. The number of rotatable bonds is 5. The van der Waals surface area contributed by atoms with E-state index in [4.69, 9.17) is 11.6 Å². The molecule has 140 valence electrons. The van der Waals surface area contributed by atoms with Crippen LogP contribution in [-0.4, -0.2) is 48.8 Å². The molecule has 2 heterocycles. The second-order valence-electron chi connectivity index (χ2n) is 6.89. The molecule has 0 unspecified atom stereocenters. The second-order valence-corrected chi connectivity index (χ2v) is 9.22. The Bertz CT molecular complexity index is 845. The number of pyridine rings is 1. The fourth-order valence-corrected chi connectivity index (χ4v) is 4.72. The maximum atomic E-state index is 12.9. The third kappa shape index (κ3) is 4.43. The molecule has 1 aliphatic heterocycles. The molecule has 26 heavy (non-hydrogen) atoms. The van der Waals surface area contributed by atoms with Crippen molar-refractivity contribution in [1.82, 2.24) is 14.2 Å². The van der Waals surface area contributed by atoms with Crippen LogP contribution in [0.25, 0.3) is 0 Å². The maximum Gasteiger partial charge on any atom is 0.243 e. The van der Waals surface area contributed by atoms with Gasteiger partial charge in [-0.25, -0.2) is 13.4 Å². The van der Waals surface area contributed by atoms with Gasteiger partial charge in [0.15, 0.2) is 0 Å².